The molecule has 0 unspecified atom stereocenters. The highest BCUT2D eigenvalue weighted by Crippen LogP contribution is 2.21. The molecule has 0 fully saturated rings. The number of anilines is 2. The van der Waals surface area contributed by atoms with Crippen LogP contribution in [0, 0.1) is 0 Å². The first kappa shape index (κ1) is 19.7. The molecule has 3 aromatic carbocycles. The van der Waals surface area contributed by atoms with Crippen LogP contribution in [0.4, 0.5) is 11.5 Å². The third-order valence-corrected chi connectivity index (χ3v) is 5.36. The predicted octanol–water partition coefficient (Wildman–Crippen LogP) is 4.35. The Labute approximate surface area is 185 Å². The largest absolute Gasteiger partial charge is 0.363 e. The Morgan fingerprint density at radius 2 is 1.75 bits per heavy atom. The molecule has 158 valence electrons. The highest BCUT2D eigenvalue weighted by atomic mass is 16.1. The van der Waals surface area contributed by atoms with Crippen molar-refractivity contribution in [1.82, 2.24) is 20.0 Å². The van der Waals surface area contributed by atoms with E-state index < -0.39 is 0 Å². The minimum atomic E-state index is -0.153. The Morgan fingerprint density at radius 1 is 0.938 bits per heavy atom. The van der Waals surface area contributed by atoms with Crippen molar-refractivity contribution in [2.75, 3.05) is 24.3 Å². The number of aromatic nitrogens is 4. The van der Waals surface area contributed by atoms with Crippen LogP contribution in [0.2, 0.25) is 0 Å². The lowest BCUT2D eigenvalue weighted by Gasteiger charge is -2.12. The number of carbonyl (C=O) groups is 1. The van der Waals surface area contributed by atoms with E-state index in [4.69, 9.17) is 0 Å². The lowest BCUT2D eigenvalue weighted by atomic mass is 10.1. The van der Waals surface area contributed by atoms with Gasteiger partial charge in [0.1, 0.15) is 11.3 Å². The zero-order chi connectivity index (χ0) is 22.1. The van der Waals surface area contributed by atoms with Crippen LogP contribution in [0.25, 0.3) is 21.9 Å². The van der Waals surface area contributed by atoms with Gasteiger partial charge in [0, 0.05) is 30.7 Å². The maximum absolute atomic E-state index is 12.7. The van der Waals surface area contributed by atoms with Crippen LogP contribution in [0.1, 0.15) is 15.9 Å². The van der Waals surface area contributed by atoms with Crippen molar-refractivity contribution in [1.29, 1.82) is 0 Å². The van der Waals surface area contributed by atoms with E-state index in [1.54, 1.807) is 0 Å². The van der Waals surface area contributed by atoms with Gasteiger partial charge in [-0.3, -0.25) is 4.79 Å². The Kier molecular flexibility index (Phi) is 4.99. The van der Waals surface area contributed by atoms with E-state index >= 15 is 0 Å². The summed E-state index contributed by atoms with van der Waals surface area (Å²) in [7, 11) is 3.92. The van der Waals surface area contributed by atoms with Crippen molar-refractivity contribution < 1.29 is 4.79 Å². The molecule has 0 aliphatic heterocycles. The Balaban J connectivity index is 1.30. The number of rotatable bonds is 5. The molecule has 32 heavy (non-hydrogen) atoms. The molecule has 2 heterocycles. The first-order valence-corrected chi connectivity index (χ1v) is 10.3. The average molecular weight is 422 g/mol. The average Bonchev–Trinajstić information content (AvgIpc) is 3.22. The van der Waals surface area contributed by atoms with E-state index in [0.717, 1.165) is 39.0 Å². The third kappa shape index (κ3) is 3.88. The van der Waals surface area contributed by atoms with Gasteiger partial charge in [-0.15, -0.1) is 5.10 Å². The second-order valence-electron chi connectivity index (χ2n) is 7.86. The van der Waals surface area contributed by atoms with Crippen molar-refractivity contribution in [2.24, 2.45) is 0 Å². The Hall–Kier alpha value is -4.26. The van der Waals surface area contributed by atoms with Gasteiger partial charge in [-0.25, -0.2) is 9.67 Å². The number of para-hydroxylation sites is 1. The summed E-state index contributed by atoms with van der Waals surface area (Å²) in [6.07, 6.45) is 0. The Bertz CT molecular complexity index is 1420. The van der Waals surface area contributed by atoms with E-state index in [0.29, 0.717) is 12.1 Å². The number of fused-ring (bicyclic) bond motifs is 2. The summed E-state index contributed by atoms with van der Waals surface area (Å²) >= 11 is 0. The van der Waals surface area contributed by atoms with Gasteiger partial charge in [0.2, 0.25) is 0 Å². The highest BCUT2D eigenvalue weighted by Gasteiger charge is 2.09. The molecular formula is C25H22N6O. The van der Waals surface area contributed by atoms with Gasteiger partial charge < -0.3 is 10.2 Å². The van der Waals surface area contributed by atoms with Gasteiger partial charge in [-0.1, -0.05) is 29.5 Å². The first-order valence-electron chi connectivity index (χ1n) is 10.3. The molecule has 1 amide bonds. The molecule has 5 aromatic rings. The van der Waals surface area contributed by atoms with Gasteiger partial charge in [-0.2, -0.15) is 0 Å². The summed E-state index contributed by atoms with van der Waals surface area (Å²) in [5.74, 6) is 0.744. The number of carbonyl (C=O) groups excluding carboxylic acids is 1. The quantitative estimate of drug-likeness (QED) is 0.456. The van der Waals surface area contributed by atoms with Crippen LogP contribution >= 0.6 is 0 Å². The molecule has 5 rings (SSSR count). The Morgan fingerprint density at radius 3 is 2.56 bits per heavy atom. The molecule has 0 saturated heterocycles. The van der Waals surface area contributed by atoms with Gasteiger partial charge in [-0.05, 0) is 60.2 Å². The number of benzene rings is 3. The fraction of sp³-hybridized carbons (Fsp3) is 0.120. The molecule has 7 nitrogen and oxygen atoms in total. The van der Waals surface area contributed by atoms with Gasteiger partial charge in [0.25, 0.3) is 5.91 Å². The molecule has 7 heteroatoms. The second kappa shape index (κ2) is 8.11. The smallest absolute Gasteiger partial charge is 0.255 e. The second-order valence-corrected chi connectivity index (χ2v) is 7.86. The number of nitrogens with zero attached hydrogens (tertiary/aromatic N) is 5. The first-order chi connectivity index (χ1) is 15.6. The van der Waals surface area contributed by atoms with E-state index in [2.05, 4.69) is 20.6 Å². The van der Waals surface area contributed by atoms with Crippen LogP contribution in [-0.4, -0.2) is 40.0 Å². The molecule has 0 saturated carbocycles. The summed E-state index contributed by atoms with van der Waals surface area (Å²) in [4.78, 5) is 19.3. The molecule has 0 atom stereocenters. The van der Waals surface area contributed by atoms with Crippen molar-refractivity contribution in [3.8, 4) is 0 Å². The van der Waals surface area contributed by atoms with Crippen molar-refractivity contribution >= 4 is 39.3 Å². The van der Waals surface area contributed by atoms with Crippen molar-refractivity contribution in [2.45, 2.75) is 6.54 Å². The minimum absolute atomic E-state index is 0.153. The summed E-state index contributed by atoms with van der Waals surface area (Å²) in [6, 6.07) is 25.1. The summed E-state index contributed by atoms with van der Waals surface area (Å²) in [5.41, 5.74) is 5.12. The van der Waals surface area contributed by atoms with Crippen molar-refractivity contribution in [3.05, 3.63) is 90.0 Å². The molecule has 0 aliphatic carbocycles. The van der Waals surface area contributed by atoms with Crippen LogP contribution in [0.15, 0.2) is 78.9 Å². The third-order valence-electron chi connectivity index (χ3n) is 5.36. The summed E-state index contributed by atoms with van der Waals surface area (Å²) < 4.78 is 1.86. The molecule has 2 aromatic heterocycles. The normalized spacial score (nSPS) is 11.1. The highest BCUT2D eigenvalue weighted by molar-refractivity contribution is 6.05. The lowest BCUT2D eigenvalue weighted by molar-refractivity contribution is 0.102. The summed E-state index contributed by atoms with van der Waals surface area (Å²) in [6.45, 7) is 0.592. The van der Waals surface area contributed by atoms with Crippen LogP contribution in [-0.2, 0) is 6.54 Å². The van der Waals surface area contributed by atoms with E-state index in [1.807, 2.05) is 103 Å². The SMILES string of the molecule is CN(C)c1ccc2cc(NC(=O)c3ccc(Cn4nnc5ccccc54)cc3)ccc2n1. The monoisotopic (exact) mass is 422 g/mol. The molecule has 0 bridgehead atoms. The number of hydrogen-bond acceptors (Lipinski definition) is 5. The fourth-order valence-corrected chi connectivity index (χ4v) is 3.61. The fourth-order valence-electron chi connectivity index (χ4n) is 3.61. The maximum atomic E-state index is 12.7. The standard InChI is InChI=1S/C25H22N6O/c1-30(2)24-14-11-19-15-20(12-13-21(19)27-24)26-25(32)18-9-7-17(8-10-18)16-31-23-6-4-3-5-22(23)28-29-31/h3-15H,16H2,1-2H3,(H,26,32). The molecular weight excluding hydrogens is 400 g/mol. The molecule has 0 spiro atoms. The zero-order valence-electron chi connectivity index (χ0n) is 17.9. The van der Waals surface area contributed by atoms with Gasteiger partial charge >= 0.3 is 0 Å². The summed E-state index contributed by atoms with van der Waals surface area (Å²) in [5, 5.41) is 12.4. The molecule has 0 aliphatic rings. The van der Waals surface area contributed by atoms with E-state index in [-0.39, 0.29) is 5.91 Å². The van der Waals surface area contributed by atoms with Crippen LogP contribution < -0.4 is 10.2 Å². The zero-order valence-corrected chi connectivity index (χ0v) is 17.9. The number of hydrogen-bond donors (Lipinski definition) is 1. The van der Waals surface area contributed by atoms with E-state index in [9.17, 15) is 4.79 Å². The number of amides is 1. The number of pyridine rings is 1. The number of nitrogens with one attached hydrogen (secondary N) is 1. The van der Waals surface area contributed by atoms with Crippen LogP contribution in [0.3, 0.4) is 0 Å². The lowest BCUT2D eigenvalue weighted by Crippen LogP contribution is -2.12. The molecule has 1 N–H and O–H groups in total. The minimum Gasteiger partial charge on any atom is -0.363 e. The van der Waals surface area contributed by atoms with Gasteiger partial charge in [0.15, 0.2) is 0 Å². The van der Waals surface area contributed by atoms with Crippen molar-refractivity contribution in [3.63, 3.8) is 0 Å². The van der Waals surface area contributed by atoms with Gasteiger partial charge in [0.05, 0.1) is 17.6 Å². The van der Waals surface area contributed by atoms with Crippen LogP contribution in [0.5, 0.6) is 0 Å². The maximum Gasteiger partial charge on any atom is 0.255 e. The topological polar surface area (TPSA) is 75.9 Å². The predicted molar refractivity (Wildman–Crippen MR) is 127 cm³/mol. The molecule has 0 radical (unpaired) electrons. The van der Waals surface area contributed by atoms with E-state index in [1.165, 1.54) is 0 Å².